The van der Waals surface area contributed by atoms with Crippen LogP contribution in [0.4, 0.5) is 0 Å². The van der Waals surface area contributed by atoms with Gasteiger partial charge in [0, 0.05) is 0 Å². The van der Waals surface area contributed by atoms with Crippen molar-refractivity contribution in [2.24, 2.45) is 0 Å². The van der Waals surface area contributed by atoms with E-state index in [1.54, 1.807) is 24.3 Å². The molecule has 0 aromatic heterocycles. The van der Waals surface area contributed by atoms with Crippen molar-refractivity contribution in [2.75, 3.05) is 6.61 Å². The topological polar surface area (TPSA) is 121 Å². The van der Waals surface area contributed by atoms with Gasteiger partial charge >= 0.3 is 0 Å². The lowest BCUT2D eigenvalue weighted by Gasteiger charge is -2.89. The minimum Gasteiger partial charge on any atom is -0.394 e. The molecule has 0 aliphatic heterocycles. The van der Waals surface area contributed by atoms with Gasteiger partial charge in [-0.25, -0.2) is 0 Å². The highest BCUT2D eigenvalue weighted by Gasteiger charge is 3.02. The van der Waals surface area contributed by atoms with Gasteiger partial charge in [0.2, 0.25) is 0 Å². The average Bonchev–Trinajstić information content (AvgIpc) is 3.03. The molecule has 0 amide bonds. The van der Waals surface area contributed by atoms with E-state index in [1.165, 1.54) is 0 Å². The highest BCUT2D eigenvalue weighted by atomic mass is 16.5. The Morgan fingerprint density at radius 2 is 1.10 bits per heavy atom. The zero-order valence-electron chi connectivity index (χ0n) is 25.7. The number of aliphatic hydroxyl groups excluding tert-OH is 3. The third kappa shape index (κ3) is 4.43. The van der Waals surface area contributed by atoms with Gasteiger partial charge in [0.05, 0.1) is 23.5 Å². The molecule has 2 aromatic carbocycles. The van der Waals surface area contributed by atoms with Crippen LogP contribution in [0.3, 0.4) is 0 Å². The maximum absolute atomic E-state index is 12.9. The van der Waals surface area contributed by atoms with E-state index in [0.29, 0.717) is 30.4 Å². The summed E-state index contributed by atoms with van der Waals surface area (Å²) < 4.78 is 0. The second kappa shape index (κ2) is 13.5. The number of aliphatic hydroxyl groups is 6. The molecule has 2 aromatic rings. The van der Waals surface area contributed by atoms with Crippen molar-refractivity contribution in [3.63, 3.8) is 0 Å². The predicted molar refractivity (Wildman–Crippen MR) is 166 cm³/mol. The number of benzene rings is 2. The maximum Gasteiger partial charge on any atom is 0.141 e. The summed E-state index contributed by atoms with van der Waals surface area (Å²) in [6.45, 7) is 3.53. The number of fused-ring (bicyclic) bond motifs is 1. The van der Waals surface area contributed by atoms with Crippen LogP contribution in [0.1, 0.15) is 115 Å². The second-order valence-electron chi connectivity index (χ2n) is 13.0. The Hall–Kier alpha value is -1.80. The molecule has 0 heterocycles. The van der Waals surface area contributed by atoms with Gasteiger partial charge in [0.15, 0.2) is 0 Å². The molecule has 2 saturated carbocycles. The highest BCUT2D eigenvalue weighted by Crippen LogP contribution is 2.82. The molecule has 2 aliphatic rings. The smallest absolute Gasteiger partial charge is 0.141 e. The van der Waals surface area contributed by atoms with Gasteiger partial charge in [-0.15, -0.1) is 0 Å². The van der Waals surface area contributed by atoms with Crippen LogP contribution in [0.25, 0.3) is 0 Å². The number of hydrogen-bond donors (Lipinski definition) is 6. The number of hydrogen-bond acceptors (Lipinski definition) is 6. The molecule has 6 nitrogen and oxygen atoms in total. The van der Waals surface area contributed by atoms with Gasteiger partial charge in [0.1, 0.15) is 22.9 Å². The van der Waals surface area contributed by atoms with Gasteiger partial charge in [-0.3, -0.25) is 0 Å². The summed E-state index contributed by atoms with van der Waals surface area (Å²) in [6.07, 6.45) is 9.21. The summed E-state index contributed by atoms with van der Waals surface area (Å²) in [5.74, 6) is 0. The van der Waals surface area contributed by atoms with E-state index >= 15 is 0 Å². The van der Waals surface area contributed by atoms with Crippen LogP contribution >= 0.6 is 0 Å². The first-order chi connectivity index (χ1) is 20.2. The van der Waals surface area contributed by atoms with Crippen LogP contribution in [0.5, 0.6) is 0 Å². The van der Waals surface area contributed by atoms with Crippen LogP contribution in [0, 0.1) is 0 Å². The molecule has 2 fully saturated rings. The van der Waals surface area contributed by atoms with Gasteiger partial charge in [-0.2, -0.15) is 0 Å². The van der Waals surface area contributed by atoms with Crippen molar-refractivity contribution in [3.05, 3.63) is 71.8 Å². The van der Waals surface area contributed by atoms with Crippen LogP contribution in [-0.2, 0) is 10.8 Å². The molecule has 6 heteroatoms. The molecule has 6 N–H and O–H groups in total. The fourth-order valence-corrected chi connectivity index (χ4v) is 8.99. The molecule has 7 atom stereocenters. The summed E-state index contributed by atoms with van der Waals surface area (Å²) in [5, 5.41) is 72.5. The zero-order chi connectivity index (χ0) is 30.5. The van der Waals surface area contributed by atoms with E-state index < -0.39 is 46.4 Å². The van der Waals surface area contributed by atoms with Crippen molar-refractivity contribution < 1.29 is 30.6 Å². The fourth-order valence-electron chi connectivity index (χ4n) is 8.99. The van der Waals surface area contributed by atoms with E-state index in [4.69, 9.17) is 0 Å². The molecule has 4 rings (SSSR count). The Morgan fingerprint density at radius 3 is 1.60 bits per heavy atom. The van der Waals surface area contributed by atoms with E-state index in [2.05, 4.69) is 13.8 Å². The van der Waals surface area contributed by atoms with Crippen LogP contribution in [-0.4, -0.2) is 66.3 Å². The van der Waals surface area contributed by atoms with Crippen LogP contribution < -0.4 is 0 Å². The Morgan fingerprint density at radius 1 is 0.643 bits per heavy atom. The Kier molecular flexibility index (Phi) is 10.6. The molecule has 0 radical (unpaired) electrons. The van der Waals surface area contributed by atoms with E-state index in [0.717, 1.165) is 64.2 Å². The molecule has 42 heavy (non-hydrogen) atoms. The van der Waals surface area contributed by atoms with Gasteiger partial charge in [-0.1, -0.05) is 152 Å². The Labute approximate surface area is 252 Å². The predicted octanol–water partition coefficient (Wildman–Crippen LogP) is 5.30. The third-order valence-electron chi connectivity index (χ3n) is 11.0. The Balaban J connectivity index is 1.82. The van der Waals surface area contributed by atoms with Crippen molar-refractivity contribution in [1.82, 2.24) is 0 Å². The van der Waals surface area contributed by atoms with Crippen LogP contribution in [0.15, 0.2) is 60.7 Å². The first-order valence-electron chi connectivity index (χ1n) is 16.5. The minimum absolute atomic E-state index is 0.244. The zero-order valence-corrected chi connectivity index (χ0v) is 25.7. The summed E-state index contributed by atoms with van der Waals surface area (Å²) in [4.78, 5) is 0. The van der Waals surface area contributed by atoms with Gasteiger partial charge in [0.25, 0.3) is 0 Å². The molecular formula is C36H54O6. The van der Waals surface area contributed by atoms with Crippen molar-refractivity contribution in [1.29, 1.82) is 0 Å². The second-order valence-corrected chi connectivity index (χ2v) is 13.0. The van der Waals surface area contributed by atoms with Crippen molar-refractivity contribution in [2.45, 2.75) is 144 Å². The first-order valence-corrected chi connectivity index (χ1v) is 16.5. The monoisotopic (exact) mass is 582 g/mol. The molecular weight excluding hydrogens is 528 g/mol. The quantitative estimate of drug-likeness (QED) is 0.133. The Bertz CT molecular complexity index is 1110. The minimum atomic E-state index is -2.33. The number of rotatable bonds is 18. The maximum atomic E-state index is 12.9. The third-order valence-corrected chi connectivity index (χ3v) is 11.0. The molecule has 0 spiro atoms. The summed E-state index contributed by atoms with van der Waals surface area (Å²) >= 11 is 0. The summed E-state index contributed by atoms with van der Waals surface area (Å²) in [5.41, 5.74) is -8.65. The van der Waals surface area contributed by atoms with E-state index in [9.17, 15) is 30.6 Å². The lowest BCUT2D eigenvalue weighted by molar-refractivity contribution is -0.515. The van der Waals surface area contributed by atoms with E-state index in [-0.39, 0.29) is 6.42 Å². The lowest BCUT2D eigenvalue weighted by Crippen LogP contribution is -3.10. The largest absolute Gasteiger partial charge is 0.394 e. The van der Waals surface area contributed by atoms with Crippen LogP contribution in [0.2, 0.25) is 0 Å². The first kappa shape index (κ1) is 33.1. The van der Waals surface area contributed by atoms with Gasteiger partial charge in [-0.05, 0) is 24.0 Å². The lowest BCUT2D eigenvalue weighted by atomic mass is 9.19. The molecule has 3 unspecified atom stereocenters. The summed E-state index contributed by atoms with van der Waals surface area (Å²) in [7, 11) is 0. The SMILES string of the molecule is CCCCCCCCC1(c2ccccc2)C(O)[C@@]2(O)C(CCCCCCCC)(c3ccccc3)[C@@](O)([C@H](O)CO)[C@@]12O. The highest BCUT2D eigenvalue weighted by molar-refractivity contribution is 5.64. The molecule has 2 aliphatic carbocycles. The standard InChI is InChI=1S/C36H54O6/c1-3-5-7-9-11-19-25-32(28-21-15-13-16-22-28)31(39)35(41)33(29-23-17-14-18-24-29,26-20-12-10-8-6-4-2)34(40,30(38)27-37)36(32,35)42/h13-18,21-24,30-31,37-42H,3-12,19-20,25-27H2,1-2H3/t30-,31?,32?,33?,34+,35-,36+/m1/s1. The number of unbranched alkanes of at least 4 members (excludes halogenated alkanes) is 10. The fraction of sp³-hybridized carbons (Fsp3) is 0.667. The molecule has 0 saturated heterocycles. The summed E-state index contributed by atoms with van der Waals surface area (Å²) in [6, 6.07) is 18.2. The normalized spacial score (nSPS) is 34.3. The molecule has 0 bridgehead atoms. The van der Waals surface area contributed by atoms with Crippen molar-refractivity contribution in [3.8, 4) is 0 Å². The van der Waals surface area contributed by atoms with Crippen molar-refractivity contribution >= 4 is 0 Å². The van der Waals surface area contributed by atoms with Gasteiger partial charge < -0.3 is 30.6 Å². The average molecular weight is 583 g/mol. The van der Waals surface area contributed by atoms with E-state index in [1.807, 2.05) is 36.4 Å². The molecule has 234 valence electrons.